The number of ether oxygens (including phenoxy) is 5. The Labute approximate surface area is 161 Å². The van der Waals surface area contributed by atoms with Crippen LogP contribution in [-0.4, -0.2) is 76.0 Å². The highest BCUT2D eigenvalue weighted by molar-refractivity contribution is 5.81. The van der Waals surface area contributed by atoms with Crippen LogP contribution in [0.5, 0.6) is 0 Å². The molecule has 0 amide bonds. The summed E-state index contributed by atoms with van der Waals surface area (Å²) < 4.78 is 26.5. The quantitative estimate of drug-likeness (QED) is 0.226. The Morgan fingerprint density at radius 2 is 1.37 bits per heavy atom. The van der Waals surface area contributed by atoms with Crippen LogP contribution in [-0.2, 0) is 33.3 Å². The Balaban J connectivity index is 4.43. The van der Waals surface area contributed by atoms with Crippen LogP contribution < -0.4 is 0 Å². The van der Waals surface area contributed by atoms with E-state index in [-0.39, 0.29) is 33.0 Å². The van der Waals surface area contributed by atoms with Gasteiger partial charge in [0.25, 0.3) is 0 Å². The molecule has 27 heavy (non-hydrogen) atoms. The molecule has 0 rings (SSSR count). The van der Waals surface area contributed by atoms with Gasteiger partial charge in [0.1, 0.15) is 13.2 Å². The minimum absolute atomic E-state index is 0.123. The molecule has 0 aliphatic heterocycles. The van der Waals surface area contributed by atoms with Crippen molar-refractivity contribution < 1.29 is 38.4 Å². The van der Waals surface area contributed by atoms with Crippen molar-refractivity contribution in [2.45, 2.75) is 26.4 Å². The predicted molar refractivity (Wildman–Crippen MR) is 99.2 cm³/mol. The van der Waals surface area contributed by atoms with Crippen LogP contribution in [0.1, 0.15) is 20.3 Å². The van der Waals surface area contributed by atoms with Gasteiger partial charge in [0.2, 0.25) is 0 Å². The molecule has 0 saturated carbocycles. The molecule has 1 N–H and O–H groups in total. The van der Waals surface area contributed by atoms with E-state index in [0.29, 0.717) is 26.2 Å². The van der Waals surface area contributed by atoms with Gasteiger partial charge in [0.15, 0.2) is 0 Å². The number of carbonyl (C=O) groups is 2. The van der Waals surface area contributed by atoms with E-state index >= 15 is 0 Å². The van der Waals surface area contributed by atoms with Crippen LogP contribution in [0, 0.1) is 5.41 Å². The van der Waals surface area contributed by atoms with Crippen molar-refractivity contribution in [1.29, 1.82) is 0 Å². The highest BCUT2D eigenvalue weighted by Gasteiger charge is 2.30. The Hall–Kier alpha value is -1.74. The van der Waals surface area contributed by atoms with Gasteiger partial charge < -0.3 is 28.8 Å². The highest BCUT2D eigenvalue weighted by Crippen LogP contribution is 2.24. The van der Waals surface area contributed by atoms with Gasteiger partial charge in [-0.15, -0.1) is 0 Å². The van der Waals surface area contributed by atoms with Gasteiger partial charge in [-0.3, -0.25) is 0 Å². The van der Waals surface area contributed by atoms with Gasteiger partial charge in [0, 0.05) is 17.6 Å². The van der Waals surface area contributed by atoms with Gasteiger partial charge in [-0.1, -0.05) is 20.1 Å². The lowest BCUT2D eigenvalue weighted by Gasteiger charge is -2.32. The normalized spacial score (nSPS) is 12.3. The molecule has 1 unspecified atom stereocenters. The summed E-state index contributed by atoms with van der Waals surface area (Å²) in [6, 6.07) is 0. The van der Waals surface area contributed by atoms with E-state index in [0.717, 1.165) is 12.2 Å². The van der Waals surface area contributed by atoms with Crippen LogP contribution in [0.3, 0.4) is 0 Å². The van der Waals surface area contributed by atoms with Crippen LogP contribution >= 0.6 is 0 Å². The number of aliphatic hydroxyl groups is 1. The van der Waals surface area contributed by atoms with E-state index in [1.165, 1.54) is 0 Å². The molecule has 0 fully saturated rings. The maximum Gasteiger partial charge on any atom is 0.330 e. The molecule has 0 aromatic rings. The van der Waals surface area contributed by atoms with Gasteiger partial charge in [-0.25, -0.2) is 9.59 Å². The van der Waals surface area contributed by atoms with Crippen LogP contribution in [0.25, 0.3) is 0 Å². The molecule has 0 saturated heterocycles. The fraction of sp³-hybridized carbons (Fsp3) is 0.684. The second kappa shape index (κ2) is 15.3. The molecule has 0 bridgehead atoms. The summed E-state index contributed by atoms with van der Waals surface area (Å²) in [6.07, 6.45) is 2.31. The maximum atomic E-state index is 11.0. The highest BCUT2D eigenvalue weighted by atomic mass is 16.6. The maximum absolute atomic E-state index is 11.0. The summed E-state index contributed by atoms with van der Waals surface area (Å²) in [6.45, 7) is 12.1. The Morgan fingerprint density at radius 1 is 0.926 bits per heavy atom. The van der Waals surface area contributed by atoms with Gasteiger partial charge >= 0.3 is 11.9 Å². The van der Waals surface area contributed by atoms with Crippen LogP contribution in [0.4, 0.5) is 0 Å². The first-order valence-corrected chi connectivity index (χ1v) is 8.88. The first kappa shape index (κ1) is 25.3. The van der Waals surface area contributed by atoms with E-state index in [1.807, 2.05) is 6.92 Å². The largest absolute Gasteiger partial charge is 0.460 e. The summed E-state index contributed by atoms with van der Waals surface area (Å²) in [5.74, 6) is -1.00. The minimum atomic E-state index is -0.571. The molecule has 0 aromatic carbocycles. The third kappa shape index (κ3) is 13.1. The molecular formula is C19H32O8. The second-order valence-corrected chi connectivity index (χ2v) is 6.07. The summed E-state index contributed by atoms with van der Waals surface area (Å²) in [7, 11) is 0. The molecule has 1 atom stereocenters. The molecule has 0 aromatic heterocycles. The first-order chi connectivity index (χ1) is 12.9. The Kier molecular flexibility index (Phi) is 14.3. The molecule has 8 nitrogen and oxygen atoms in total. The van der Waals surface area contributed by atoms with Crippen LogP contribution in [0.2, 0.25) is 0 Å². The van der Waals surface area contributed by atoms with Crippen molar-refractivity contribution in [1.82, 2.24) is 0 Å². The molecular weight excluding hydrogens is 356 g/mol. The molecule has 0 radical (unpaired) electrons. The number of aliphatic hydroxyl groups excluding tert-OH is 1. The van der Waals surface area contributed by atoms with Gasteiger partial charge in [0.05, 0.1) is 45.7 Å². The zero-order chi connectivity index (χ0) is 20.5. The average Bonchev–Trinajstić information content (AvgIpc) is 2.66. The molecule has 0 aliphatic rings. The summed E-state index contributed by atoms with van der Waals surface area (Å²) in [5, 5.41) is 9.36. The molecule has 0 aliphatic carbocycles. The lowest BCUT2D eigenvalue weighted by atomic mass is 9.88. The van der Waals surface area contributed by atoms with Gasteiger partial charge in [-0.2, -0.15) is 0 Å². The van der Waals surface area contributed by atoms with Crippen molar-refractivity contribution >= 4 is 11.9 Å². The lowest BCUT2D eigenvalue weighted by molar-refractivity contribution is -0.141. The average molecular weight is 388 g/mol. The molecule has 0 heterocycles. The van der Waals surface area contributed by atoms with Crippen molar-refractivity contribution in [2.24, 2.45) is 5.41 Å². The number of rotatable bonds is 17. The number of carbonyl (C=O) groups excluding carboxylic acids is 2. The second-order valence-electron chi connectivity index (χ2n) is 6.07. The smallest absolute Gasteiger partial charge is 0.330 e. The monoisotopic (exact) mass is 388 g/mol. The minimum Gasteiger partial charge on any atom is -0.460 e. The fourth-order valence-corrected chi connectivity index (χ4v) is 1.97. The van der Waals surface area contributed by atoms with E-state index in [2.05, 4.69) is 13.2 Å². The standard InChI is InChI=1S/C19H32O8/c1-5-17(21)26-10-8-23-13-19(7-3,15-25-12-16(4)20)14-24-9-11-27-18(22)6-2/h5-6,16,20H,1-2,7-15H2,3-4H3. The van der Waals surface area contributed by atoms with E-state index in [9.17, 15) is 14.7 Å². The number of esters is 2. The molecule has 156 valence electrons. The molecule has 8 heteroatoms. The third-order valence-electron chi connectivity index (χ3n) is 3.61. The van der Waals surface area contributed by atoms with Crippen molar-refractivity contribution in [3.8, 4) is 0 Å². The number of hydrogen-bond donors (Lipinski definition) is 1. The lowest BCUT2D eigenvalue weighted by Crippen LogP contribution is -2.38. The zero-order valence-corrected chi connectivity index (χ0v) is 16.3. The van der Waals surface area contributed by atoms with Crippen molar-refractivity contribution in [2.75, 3.05) is 52.9 Å². The topological polar surface area (TPSA) is 101 Å². The third-order valence-corrected chi connectivity index (χ3v) is 3.61. The SMILES string of the molecule is C=CC(=O)OCCOCC(CC)(COCCOC(=O)C=C)COCC(C)O. The predicted octanol–water partition coefficient (Wildman–Crippen LogP) is 1.27. The summed E-state index contributed by atoms with van der Waals surface area (Å²) in [4.78, 5) is 22.0. The van der Waals surface area contributed by atoms with Crippen molar-refractivity contribution in [3.63, 3.8) is 0 Å². The Morgan fingerprint density at radius 3 is 1.74 bits per heavy atom. The summed E-state index contributed by atoms with van der Waals surface area (Å²) >= 11 is 0. The zero-order valence-electron chi connectivity index (χ0n) is 16.3. The number of hydrogen-bond acceptors (Lipinski definition) is 8. The van der Waals surface area contributed by atoms with Crippen LogP contribution in [0.15, 0.2) is 25.3 Å². The molecule has 0 spiro atoms. The van der Waals surface area contributed by atoms with E-state index in [1.54, 1.807) is 6.92 Å². The Bertz CT molecular complexity index is 417. The van der Waals surface area contributed by atoms with Crippen molar-refractivity contribution in [3.05, 3.63) is 25.3 Å². The first-order valence-electron chi connectivity index (χ1n) is 8.88. The van der Waals surface area contributed by atoms with Gasteiger partial charge in [-0.05, 0) is 13.3 Å². The van der Waals surface area contributed by atoms with E-state index in [4.69, 9.17) is 23.7 Å². The van der Waals surface area contributed by atoms with E-state index < -0.39 is 23.5 Å². The summed E-state index contributed by atoms with van der Waals surface area (Å²) in [5.41, 5.74) is -0.445. The fourth-order valence-electron chi connectivity index (χ4n) is 1.97.